The van der Waals surface area contributed by atoms with Crippen LogP contribution in [0.5, 0.6) is 28.7 Å². The Kier molecular flexibility index (Phi) is 5.38. The summed E-state index contributed by atoms with van der Waals surface area (Å²) >= 11 is 0. The standard InChI is InChI=1S/C22H24O7/c1-24-19-9-14(10-20(25-2)21(19)26-3)7-16-15(11-27-22(16)23)6-13-4-5-17-18(8-13)29-12-28-17/h4-5,8-10,15-16H,6-7,11-12H2,1-3H3/t15-,16?/m0/s1. The van der Waals surface area contributed by atoms with Crippen LogP contribution in [0, 0.1) is 11.8 Å². The number of rotatable bonds is 7. The smallest absolute Gasteiger partial charge is 0.309 e. The molecule has 1 fully saturated rings. The first-order valence-electron chi connectivity index (χ1n) is 9.47. The second kappa shape index (κ2) is 8.11. The number of hydrogen-bond acceptors (Lipinski definition) is 7. The SMILES string of the molecule is COc1cc(CC2C(=O)OC[C@@H]2Cc2ccc3c(c2)OCO3)cc(OC)c1OC. The minimum atomic E-state index is -0.247. The Morgan fingerprint density at radius 2 is 1.59 bits per heavy atom. The van der Waals surface area contributed by atoms with Gasteiger partial charge in [-0.25, -0.2) is 0 Å². The van der Waals surface area contributed by atoms with Crippen molar-refractivity contribution in [1.29, 1.82) is 0 Å². The van der Waals surface area contributed by atoms with E-state index in [4.69, 9.17) is 28.4 Å². The van der Waals surface area contributed by atoms with E-state index in [2.05, 4.69) is 0 Å². The molecule has 7 nitrogen and oxygen atoms in total. The van der Waals surface area contributed by atoms with Crippen LogP contribution in [-0.4, -0.2) is 40.7 Å². The second-order valence-corrected chi connectivity index (χ2v) is 7.13. The molecule has 0 radical (unpaired) electrons. The predicted octanol–water partition coefficient (Wildman–Crippen LogP) is 3.02. The quantitative estimate of drug-likeness (QED) is 0.662. The van der Waals surface area contributed by atoms with Crippen molar-refractivity contribution in [2.45, 2.75) is 12.8 Å². The summed E-state index contributed by atoms with van der Waals surface area (Å²) in [4.78, 5) is 12.4. The zero-order chi connectivity index (χ0) is 20.4. The molecule has 2 atom stereocenters. The summed E-state index contributed by atoms with van der Waals surface area (Å²) in [7, 11) is 4.72. The summed E-state index contributed by atoms with van der Waals surface area (Å²) in [5, 5.41) is 0. The molecule has 0 aromatic heterocycles. The third-order valence-electron chi connectivity index (χ3n) is 5.43. The summed E-state index contributed by atoms with van der Waals surface area (Å²) in [5.41, 5.74) is 2.02. The van der Waals surface area contributed by atoms with Crippen LogP contribution in [0.1, 0.15) is 11.1 Å². The average Bonchev–Trinajstić information content (AvgIpc) is 3.34. The maximum atomic E-state index is 12.4. The van der Waals surface area contributed by atoms with Crippen molar-refractivity contribution in [1.82, 2.24) is 0 Å². The Morgan fingerprint density at radius 1 is 0.862 bits per heavy atom. The van der Waals surface area contributed by atoms with Gasteiger partial charge in [0.25, 0.3) is 0 Å². The van der Waals surface area contributed by atoms with Gasteiger partial charge in [0.2, 0.25) is 12.5 Å². The Bertz CT molecular complexity index is 883. The third-order valence-corrected chi connectivity index (χ3v) is 5.43. The molecular weight excluding hydrogens is 376 g/mol. The van der Waals surface area contributed by atoms with Crippen LogP contribution in [0.15, 0.2) is 30.3 Å². The number of hydrogen-bond donors (Lipinski definition) is 0. The molecule has 2 aromatic carbocycles. The Hall–Kier alpha value is -3.09. The number of benzene rings is 2. The zero-order valence-electron chi connectivity index (χ0n) is 16.7. The molecule has 154 valence electrons. The molecule has 0 spiro atoms. The molecule has 1 saturated heterocycles. The molecule has 1 unspecified atom stereocenters. The van der Waals surface area contributed by atoms with Gasteiger partial charge in [-0.05, 0) is 48.2 Å². The first kappa shape index (κ1) is 19.2. The highest BCUT2D eigenvalue weighted by atomic mass is 16.7. The zero-order valence-corrected chi connectivity index (χ0v) is 16.7. The fraction of sp³-hybridized carbons (Fsp3) is 0.409. The summed E-state index contributed by atoms with van der Waals surface area (Å²) < 4.78 is 32.5. The number of cyclic esters (lactones) is 1. The number of esters is 1. The van der Waals surface area contributed by atoms with Gasteiger partial charge < -0.3 is 28.4 Å². The van der Waals surface area contributed by atoms with Crippen molar-refractivity contribution in [2.75, 3.05) is 34.7 Å². The number of methoxy groups -OCH3 is 3. The molecule has 0 bridgehead atoms. The lowest BCUT2D eigenvalue weighted by atomic mass is 9.85. The van der Waals surface area contributed by atoms with Gasteiger partial charge in [0.15, 0.2) is 23.0 Å². The summed E-state index contributed by atoms with van der Waals surface area (Å²) in [5.74, 6) is 2.82. The van der Waals surface area contributed by atoms with Gasteiger partial charge in [0.05, 0.1) is 33.9 Å². The minimum absolute atomic E-state index is 0.0713. The summed E-state index contributed by atoms with van der Waals surface area (Å²) in [6, 6.07) is 9.65. The van der Waals surface area contributed by atoms with Crippen LogP contribution in [0.25, 0.3) is 0 Å². The normalized spacial score (nSPS) is 19.8. The minimum Gasteiger partial charge on any atom is -0.493 e. The lowest BCUT2D eigenvalue weighted by Gasteiger charge is -2.18. The first-order chi connectivity index (χ1) is 14.1. The van der Waals surface area contributed by atoms with Crippen LogP contribution in [0.4, 0.5) is 0 Å². The molecule has 2 heterocycles. The van der Waals surface area contributed by atoms with Crippen molar-refractivity contribution >= 4 is 5.97 Å². The van der Waals surface area contributed by atoms with E-state index in [0.717, 1.165) is 29.0 Å². The molecular formula is C22H24O7. The Labute approximate surface area is 169 Å². The predicted molar refractivity (Wildman–Crippen MR) is 104 cm³/mol. The van der Waals surface area contributed by atoms with Crippen molar-refractivity contribution in [3.05, 3.63) is 41.5 Å². The number of carbonyl (C=O) groups is 1. The largest absolute Gasteiger partial charge is 0.493 e. The molecule has 2 aromatic rings. The van der Waals surface area contributed by atoms with E-state index in [1.165, 1.54) is 0 Å². The van der Waals surface area contributed by atoms with Gasteiger partial charge >= 0.3 is 5.97 Å². The highest BCUT2D eigenvalue weighted by molar-refractivity contribution is 5.75. The topological polar surface area (TPSA) is 72.5 Å². The van der Waals surface area contributed by atoms with Crippen molar-refractivity contribution < 1.29 is 33.2 Å². The molecule has 2 aliphatic rings. The molecule has 0 N–H and O–H groups in total. The molecule has 29 heavy (non-hydrogen) atoms. The molecule has 2 aliphatic heterocycles. The lowest BCUT2D eigenvalue weighted by Crippen LogP contribution is -2.20. The van der Waals surface area contributed by atoms with Gasteiger partial charge in [-0.1, -0.05) is 6.07 Å². The van der Waals surface area contributed by atoms with Gasteiger partial charge in [0.1, 0.15) is 0 Å². The molecule has 7 heteroatoms. The lowest BCUT2D eigenvalue weighted by molar-refractivity contribution is -0.141. The van der Waals surface area contributed by atoms with Crippen LogP contribution >= 0.6 is 0 Å². The summed E-state index contributed by atoms with van der Waals surface area (Å²) in [6.45, 7) is 0.649. The van der Waals surface area contributed by atoms with Crippen LogP contribution in [0.3, 0.4) is 0 Å². The van der Waals surface area contributed by atoms with Crippen LogP contribution < -0.4 is 23.7 Å². The van der Waals surface area contributed by atoms with Gasteiger partial charge in [-0.3, -0.25) is 4.79 Å². The number of ether oxygens (including phenoxy) is 6. The monoisotopic (exact) mass is 400 g/mol. The van der Waals surface area contributed by atoms with E-state index < -0.39 is 0 Å². The van der Waals surface area contributed by atoms with E-state index in [0.29, 0.717) is 30.3 Å². The van der Waals surface area contributed by atoms with Crippen LogP contribution in [0.2, 0.25) is 0 Å². The van der Waals surface area contributed by atoms with E-state index in [1.54, 1.807) is 21.3 Å². The summed E-state index contributed by atoms with van der Waals surface area (Å²) in [6.07, 6.45) is 1.25. The van der Waals surface area contributed by atoms with Gasteiger partial charge in [-0.15, -0.1) is 0 Å². The highest BCUT2D eigenvalue weighted by Gasteiger charge is 2.37. The Morgan fingerprint density at radius 3 is 2.28 bits per heavy atom. The number of carbonyl (C=O) groups excluding carboxylic acids is 1. The van der Waals surface area contributed by atoms with Crippen molar-refractivity contribution in [3.63, 3.8) is 0 Å². The molecule has 4 rings (SSSR count). The van der Waals surface area contributed by atoms with Crippen molar-refractivity contribution in [2.24, 2.45) is 11.8 Å². The van der Waals surface area contributed by atoms with Crippen LogP contribution in [-0.2, 0) is 22.4 Å². The average molecular weight is 400 g/mol. The Balaban J connectivity index is 1.54. The number of fused-ring (bicyclic) bond motifs is 1. The third kappa shape index (κ3) is 3.77. The molecule has 0 aliphatic carbocycles. The first-order valence-corrected chi connectivity index (χ1v) is 9.47. The van der Waals surface area contributed by atoms with E-state index in [1.807, 2.05) is 30.3 Å². The van der Waals surface area contributed by atoms with E-state index >= 15 is 0 Å². The van der Waals surface area contributed by atoms with Gasteiger partial charge in [0, 0.05) is 5.92 Å². The highest BCUT2D eigenvalue weighted by Crippen LogP contribution is 2.40. The van der Waals surface area contributed by atoms with E-state index in [-0.39, 0.29) is 24.6 Å². The molecule has 0 amide bonds. The fourth-order valence-electron chi connectivity index (χ4n) is 3.93. The maximum Gasteiger partial charge on any atom is 0.309 e. The maximum absolute atomic E-state index is 12.4. The van der Waals surface area contributed by atoms with E-state index in [9.17, 15) is 4.79 Å². The van der Waals surface area contributed by atoms with Crippen molar-refractivity contribution in [3.8, 4) is 28.7 Å². The second-order valence-electron chi connectivity index (χ2n) is 7.13. The molecule has 0 saturated carbocycles. The van der Waals surface area contributed by atoms with Gasteiger partial charge in [-0.2, -0.15) is 0 Å². The fourth-order valence-corrected chi connectivity index (χ4v) is 3.93.